The van der Waals surface area contributed by atoms with Crippen LogP contribution in [0.3, 0.4) is 0 Å². The van der Waals surface area contributed by atoms with Gasteiger partial charge in [0.05, 0.1) is 0 Å². The fourth-order valence-corrected chi connectivity index (χ4v) is 1.37. The van der Waals surface area contributed by atoms with E-state index in [9.17, 15) is 13.2 Å². The van der Waals surface area contributed by atoms with E-state index in [0.717, 1.165) is 0 Å². The molecule has 0 radical (unpaired) electrons. The normalized spacial score (nSPS) is 30.8. The van der Waals surface area contributed by atoms with Crippen molar-refractivity contribution in [2.45, 2.75) is 44.4 Å². The third-order valence-electron chi connectivity index (χ3n) is 2.02. The second kappa shape index (κ2) is 2.37. The number of hydrogen-bond acceptors (Lipinski definition) is 1. The van der Waals surface area contributed by atoms with Crippen molar-refractivity contribution in [1.82, 2.24) is 5.32 Å². The molecule has 0 spiro atoms. The van der Waals surface area contributed by atoms with E-state index in [1.54, 1.807) is 13.8 Å². The number of rotatable bonds is 0. The lowest BCUT2D eigenvalue weighted by atomic mass is 10.0. The summed E-state index contributed by atoms with van der Waals surface area (Å²) in [7, 11) is 0. The first kappa shape index (κ1) is 8.84. The molecule has 1 N–H and O–H groups in total. The minimum Gasteiger partial charge on any atom is -0.301 e. The van der Waals surface area contributed by atoms with E-state index in [1.807, 2.05) is 0 Å². The molecule has 1 heterocycles. The van der Waals surface area contributed by atoms with Crippen LogP contribution in [0.2, 0.25) is 0 Å². The average molecular weight is 167 g/mol. The van der Waals surface area contributed by atoms with E-state index in [4.69, 9.17) is 0 Å². The van der Waals surface area contributed by atoms with Crippen molar-refractivity contribution in [3.05, 3.63) is 0 Å². The van der Waals surface area contributed by atoms with Gasteiger partial charge in [0.15, 0.2) is 0 Å². The van der Waals surface area contributed by atoms with Crippen LogP contribution in [0.4, 0.5) is 13.2 Å². The lowest BCUT2D eigenvalue weighted by Gasteiger charge is -2.21. The topological polar surface area (TPSA) is 12.0 Å². The van der Waals surface area contributed by atoms with Gasteiger partial charge in [-0.3, -0.25) is 0 Å². The first-order valence-electron chi connectivity index (χ1n) is 3.66. The number of nitrogens with one attached hydrogen (secondary N) is 1. The maximum absolute atomic E-state index is 12.0. The molecule has 1 rings (SSSR count). The predicted molar refractivity (Wildman–Crippen MR) is 36.3 cm³/mol. The standard InChI is InChI=1S/C7H12F3N/c1-6(2)4-3-5(11-6)7(8,9)10/h5,11H,3-4H2,1-2H3/t5-/m0/s1. The van der Waals surface area contributed by atoms with Gasteiger partial charge in [0.25, 0.3) is 0 Å². The van der Waals surface area contributed by atoms with Gasteiger partial charge in [0.2, 0.25) is 0 Å². The lowest BCUT2D eigenvalue weighted by molar-refractivity contribution is -0.153. The minimum absolute atomic E-state index is 0.205. The zero-order chi connectivity index (χ0) is 8.70. The van der Waals surface area contributed by atoms with E-state index in [0.29, 0.717) is 6.42 Å². The summed E-state index contributed by atoms with van der Waals surface area (Å²) in [5, 5.41) is 2.55. The molecule has 1 aliphatic heterocycles. The highest BCUT2D eigenvalue weighted by atomic mass is 19.4. The second-order valence-electron chi connectivity index (χ2n) is 3.66. The molecule has 1 aliphatic rings. The van der Waals surface area contributed by atoms with Crippen molar-refractivity contribution >= 4 is 0 Å². The summed E-state index contributed by atoms with van der Waals surface area (Å²) >= 11 is 0. The van der Waals surface area contributed by atoms with Crippen LogP contribution < -0.4 is 5.32 Å². The molecule has 0 aromatic carbocycles. The van der Waals surface area contributed by atoms with Crippen molar-refractivity contribution in [3.63, 3.8) is 0 Å². The fourth-order valence-electron chi connectivity index (χ4n) is 1.37. The third-order valence-corrected chi connectivity index (χ3v) is 2.02. The molecule has 0 bridgehead atoms. The quantitative estimate of drug-likeness (QED) is 0.582. The summed E-state index contributed by atoms with van der Waals surface area (Å²) in [6.07, 6.45) is -3.28. The molecule has 0 amide bonds. The number of alkyl halides is 3. The van der Waals surface area contributed by atoms with Crippen LogP contribution in [0.15, 0.2) is 0 Å². The highest BCUT2D eigenvalue weighted by Crippen LogP contribution is 2.32. The Morgan fingerprint density at radius 1 is 1.36 bits per heavy atom. The van der Waals surface area contributed by atoms with Crippen LogP contribution in [0.5, 0.6) is 0 Å². The van der Waals surface area contributed by atoms with Crippen LogP contribution in [0, 0.1) is 0 Å². The second-order valence-corrected chi connectivity index (χ2v) is 3.66. The molecule has 0 aliphatic carbocycles. The van der Waals surface area contributed by atoms with Gasteiger partial charge in [0, 0.05) is 5.54 Å². The fraction of sp³-hybridized carbons (Fsp3) is 1.00. The number of halogens is 3. The Morgan fingerprint density at radius 3 is 2.09 bits per heavy atom. The zero-order valence-corrected chi connectivity index (χ0v) is 6.63. The molecular weight excluding hydrogens is 155 g/mol. The molecule has 4 heteroatoms. The molecule has 1 atom stereocenters. The molecule has 0 unspecified atom stereocenters. The molecule has 11 heavy (non-hydrogen) atoms. The van der Waals surface area contributed by atoms with E-state index in [2.05, 4.69) is 5.32 Å². The van der Waals surface area contributed by atoms with Gasteiger partial charge in [-0.15, -0.1) is 0 Å². The van der Waals surface area contributed by atoms with Gasteiger partial charge in [-0.2, -0.15) is 13.2 Å². The average Bonchev–Trinajstić information content (AvgIpc) is 2.07. The molecular formula is C7H12F3N. The summed E-state index contributed by atoms with van der Waals surface area (Å²) in [5.74, 6) is 0. The largest absolute Gasteiger partial charge is 0.403 e. The van der Waals surface area contributed by atoms with E-state index in [1.165, 1.54) is 0 Å². The Labute approximate surface area is 64.0 Å². The van der Waals surface area contributed by atoms with Crippen molar-refractivity contribution in [2.75, 3.05) is 0 Å². The molecule has 1 saturated heterocycles. The van der Waals surface area contributed by atoms with Crippen LogP contribution in [-0.2, 0) is 0 Å². The van der Waals surface area contributed by atoms with E-state index in [-0.39, 0.29) is 12.0 Å². The highest BCUT2D eigenvalue weighted by molar-refractivity contribution is 4.93. The van der Waals surface area contributed by atoms with Crippen molar-refractivity contribution in [3.8, 4) is 0 Å². The first-order valence-corrected chi connectivity index (χ1v) is 3.66. The molecule has 0 aromatic rings. The summed E-state index contributed by atoms with van der Waals surface area (Å²) in [6.45, 7) is 3.58. The van der Waals surface area contributed by atoms with Gasteiger partial charge in [-0.1, -0.05) is 0 Å². The number of hydrogen-bond donors (Lipinski definition) is 1. The third kappa shape index (κ3) is 2.09. The maximum atomic E-state index is 12.0. The Hall–Kier alpha value is -0.250. The monoisotopic (exact) mass is 167 g/mol. The summed E-state index contributed by atoms with van der Waals surface area (Å²) < 4.78 is 36.1. The Bertz CT molecular complexity index is 150. The molecule has 0 saturated carbocycles. The summed E-state index contributed by atoms with van der Waals surface area (Å²) in [6, 6.07) is -1.29. The van der Waals surface area contributed by atoms with E-state index >= 15 is 0 Å². The van der Waals surface area contributed by atoms with Crippen LogP contribution in [0.1, 0.15) is 26.7 Å². The van der Waals surface area contributed by atoms with Gasteiger partial charge in [0.1, 0.15) is 6.04 Å². The van der Waals surface area contributed by atoms with Gasteiger partial charge < -0.3 is 5.32 Å². The molecule has 1 nitrogen and oxygen atoms in total. The maximum Gasteiger partial charge on any atom is 0.403 e. The smallest absolute Gasteiger partial charge is 0.301 e. The van der Waals surface area contributed by atoms with Crippen LogP contribution in [-0.4, -0.2) is 17.8 Å². The summed E-state index contributed by atoms with van der Waals surface area (Å²) in [4.78, 5) is 0. The van der Waals surface area contributed by atoms with Crippen LogP contribution >= 0.6 is 0 Å². The van der Waals surface area contributed by atoms with Gasteiger partial charge in [-0.25, -0.2) is 0 Å². The lowest BCUT2D eigenvalue weighted by Crippen LogP contribution is -2.44. The van der Waals surface area contributed by atoms with Crippen LogP contribution in [0.25, 0.3) is 0 Å². The molecule has 66 valence electrons. The minimum atomic E-state index is -4.08. The first-order chi connectivity index (χ1) is 4.81. The Balaban J connectivity index is 2.55. The van der Waals surface area contributed by atoms with Gasteiger partial charge in [-0.05, 0) is 26.7 Å². The van der Waals surface area contributed by atoms with Crippen molar-refractivity contribution < 1.29 is 13.2 Å². The van der Waals surface area contributed by atoms with E-state index < -0.39 is 12.2 Å². The van der Waals surface area contributed by atoms with Crippen molar-refractivity contribution in [2.24, 2.45) is 0 Å². The Kier molecular flexibility index (Phi) is 1.90. The molecule has 1 fully saturated rings. The van der Waals surface area contributed by atoms with Crippen molar-refractivity contribution in [1.29, 1.82) is 0 Å². The zero-order valence-electron chi connectivity index (χ0n) is 6.63. The Morgan fingerprint density at radius 2 is 1.91 bits per heavy atom. The predicted octanol–water partition coefficient (Wildman–Crippen LogP) is 2.08. The highest BCUT2D eigenvalue weighted by Gasteiger charge is 2.46. The SMILES string of the molecule is CC1(C)CC[C@@H](C(F)(F)F)N1. The molecule has 0 aromatic heterocycles. The summed E-state index contributed by atoms with van der Waals surface area (Å²) in [5.41, 5.74) is -0.347. The van der Waals surface area contributed by atoms with Gasteiger partial charge >= 0.3 is 6.18 Å².